The maximum Gasteiger partial charge on any atom is 0.330 e. The predicted molar refractivity (Wildman–Crippen MR) is 105 cm³/mol. The Labute approximate surface area is 157 Å². The minimum Gasteiger partial charge on any atom is -0.463 e. The number of hydrogen-bond donors (Lipinski definition) is 1. The molecule has 7 heteroatoms. The SMILES string of the molecule is CCOC(=O)/C=C/c1cnc2n(c1=O)[C@H](C)CC/C2=N\Nc1ccccc1. The molecule has 1 aliphatic heterocycles. The van der Waals surface area contributed by atoms with E-state index >= 15 is 0 Å². The second-order valence-electron chi connectivity index (χ2n) is 6.22. The minimum atomic E-state index is -0.484. The summed E-state index contributed by atoms with van der Waals surface area (Å²) in [5.41, 5.74) is 4.76. The van der Waals surface area contributed by atoms with Gasteiger partial charge < -0.3 is 4.74 Å². The summed E-state index contributed by atoms with van der Waals surface area (Å²) < 4.78 is 6.48. The van der Waals surface area contributed by atoms with E-state index in [1.54, 1.807) is 11.5 Å². The van der Waals surface area contributed by atoms with Crippen LogP contribution in [0.4, 0.5) is 5.69 Å². The van der Waals surface area contributed by atoms with E-state index in [2.05, 4.69) is 15.5 Å². The van der Waals surface area contributed by atoms with E-state index in [0.717, 1.165) is 24.2 Å². The summed E-state index contributed by atoms with van der Waals surface area (Å²) in [6.45, 7) is 4.00. The van der Waals surface area contributed by atoms with Gasteiger partial charge in [-0.05, 0) is 44.9 Å². The van der Waals surface area contributed by atoms with E-state index in [-0.39, 0.29) is 18.2 Å². The Morgan fingerprint density at radius 3 is 2.93 bits per heavy atom. The van der Waals surface area contributed by atoms with Crippen molar-refractivity contribution < 1.29 is 9.53 Å². The lowest BCUT2D eigenvalue weighted by atomic mass is 10.0. The topological polar surface area (TPSA) is 85.6 Å². The zero-order chi connectivity index (χ0) is 19.2. The van der Waals surface area contributed by atoms with Crippen LogP contribution in [0, 0.1) is 0 Å². The fourth-order valence-electron chi connectivity index (χ4n) is 2.91. The average molecular weight is 366 g/mol. The molecule has 0 radical (unpaired) electrons. The first kappa shape index (κ1) is 18.6. The number of rotatable bonds is 5. The highest BCUT2D eigenvalue weighted by molar-refractivity contribution is 5.98. The Bertz CT molecular complexity index is 932. The van der Waals surface area contributed by atoms with Crippen molar-refractivity contribution in [1.29, 1.82) is 0 Å². The molecule has 140 valence electrons. The van der Waals surface area contributed by atoms with Gasteiger partial charge in [0.05, 0.1) is 17.9 Å². The van der Waals surface area contributed by atoms with Gasteiger partial charge in [0.15, 0.2) is 5.82 Å². The first-order valence-electron chi connectivity index (χ1n) is 8.94. The number of carbonyl (C=O) groups is 1. The van der Waals surface area contributed by atoms with Crippen molar-refractivity contribution >= 4 is 23.4 Å². The first-order chi connectivity index (χ1) is 13.1. The maximum absolute atomic E-state index is 12.9. The van der Waals surface area contributed by atoms with Gasteiger partial charge in [-0.3, -0.25) is 14.8 Å². The number of carbonyl (C=O) groups excluding carboxylic acids is 1. The summed E-state index contributed by atoms with van der Waals surface area (Å²) in [6, 6.07) is 9.61. The number of ether oxygens (including phenoxy) is 1. The Kier molecular flexibility index (Phi) is 5.80. The Balaban J connectivity index is 1.91. The van der Waals surface area contributed by atoms with Gasteiger partial charge in [-0.15, -0.1) is 0 Å². The van der Waals surface area contributed by atoms with Gasteiger partial charge >= 0.3 is 5.97 Å². The highest BCUT2D eigenvalue weighted by Crippen LogP contribution is 2.22. The third-order valence-electron chi connectivity index (χ3n) is 4.30. The lowest BCUT2D eigenvalue weighted by molar-refractivity contribution is -0.137. The van der Waals surface area contributed by atoms with E-state index in [1.165, 1.54) is 18.3 Å². The molecule has 0 saturated heterocycles. The van der Waals surface area contributed by atoms with Crippen LogP contribution < -0.4 is 11.0 Å². The number of para-hydroxylation sites is 1. The van der Waals surface area contributed by atoms with Crippen molar-refractivity contribution in [3.05, 3.63) is 64.3 Å². The largest absolute Gasteiger partial charge is 0.463 e. The molecular formula is C20H22N4O3. The Morgan fingerprint density at radius 1 is 1.41 bits per heavy atom. The molecule has 1 aromatic heterocycles. The van der Waals surface area contributed by atoms with E-state index in [4.69, 9.17) is 4.74 Å². The normalized spacial score (nSPS) is 17.7. The van der Waals surface area contributed by atoms with Crippen molar-refractivity contribution in [1.82, 2.24) is 9.55 Å². The van der Waals surface area contributed by atoms with Crippen LogP contribution in [0.2, 0.25) is 0 Å². The lowest BCUT2D eigenvalue weighted by Crippen LogP contribution is -2.35. The smallest absolute Gasteiger partial charge is 0.330 e. The molecule has 7 nitrogen and oxygen atoms in total. The van der Waals surface area contributed by atoms with E-state index < -0.39 is 5.97 Å². The van der Waals surface area contributed by atoms with Crippen molar-refractivity contribution in [2.45, 2.75) is 32.7 Å². The van der Waals surface area contributed by atoms with Gasteiger partial charge in [-0.2, -0.15) is 5.10 Å². The molecule has 0 unspecified atom stereocenters. The molecular weight excluding hydrogens is 344 g/mol. The van der Waals surface area contributed by atoms with Gasteiger partial charge in [-0.1, -0.05) is 18.2 Å². The number of fused-ring (bicyclic) bond motifs is 1. The van der Waals surface area contributed by atoms with Crippen LogP contribution in [0.5, 0.6) is 0 Å². The fourth-order valence-corrected chi connectivity index (χ4v) is 2.91. The van der Waals surface area contributed by atoms with Crippen molar-refractivity contribution in [2.75, 3.05) is 12.0 Å². The number of esters is 1. The number of aromatic nitrogens is 2. The number of hydrogen-bond acceptors (Lipinski definition) is 6. The summed E-state index contributed by atoms with van der Waals surface area (Å²) in [6.07, 6.45) is 5.68. The maximum atomic E-state index is 12.9. The first-order valence-corrected chi connectivity index (χ1v) is 8.94. The highest BCUT2D eigenvalue weighted by atomic mass is 16.5. The molecule has 0 saturated carbocycles. The summed E-state index contributed by atoms with van der Waals surface area (Å²) in [5.74, 6) is 0.0671. The van der Waals surface area contributed by atoms with Crippen LogP contribution in [-0.2, 0) is 9.53 Å². The van der Waals surface area contributed by atoms with Crippen molar-refractivity contribution in [2.24, 2.45) is 5.10 Å². The van der Waals surface area contributed by atoms with E-state index in [0.29, 0.717) is 11.4 Å². The van der Waals surface area contributed by atoms with E-state index in [1.807, 2.05) is 37.3 Å². The third kappa shape index (κ3) is 4.31. The van der Waals surface area contributed by atoms with Crippen molar-refractivity contribution in [3.63, 3.8) is 0 Å². The minimum absolute atomic E-state index is 0.00613. The molecule has 2 aromatic rings. The van der Waals surface area contributed by atoms with Crippen LogP contribution in [-0.4, -0.2) is 27.8 Å². The molecule has 2 heterocycles. The highest BCUT2D eigenvalue weighted by Gasteiger charge is 2.24. The van der Waals surface area contributed by atoms with Crippen LogP contribution >= 0.6 is 0 Å². The molecule has 1 aliphatic rings. The molecule has 0 amide bonds. The molecule has 27 heavy (non-hydrogen) atoms. The predicted octanol–water partition coefficient (Wildman–Crippen LogP) is 2.99. The van der Waals surface area contributed by atoms with Gasteiger partial charge in [0.25, 0.3) is 5.56 Å². The van der Waals surface area contributed by atoms with Gasteiger partial charge in [0, 0.05) is 18.3 Å². The van der Waals surface area contributed by atoms with Crippen LogP contribution in [0.1, 0.15) is 44.1 Å². The lowest BCUT2D eigenvalue weighted by Gasteiger charge is -2.25. The number of anilines is 1. The van der Waals surface area contributed by atoms with E-state index in [9.17, 15) is 9.59 Å². The number of benzene rings is 1. The average Bonchev–Trinajstić information content (AvgIpc) is 2.68. The number of hydrazone groups is 1. The van der Waals surface area contributed by atoms with Gasteiger partial charge in [0.1, 0.15) is 5.71 Å². The second kappa shape index (κ2) is 8.44. The summed E-state index contributed by atoms with van der Waals surface area (Å²) in [7, 11) is 0. The van der Waals surface area contributed by atoms with Gasteiger partial charge in [-0.25, -0.2) is 9.78 Å². The summed E-state index contributed by atoms with van der Waals surface area (Å²) >= 11 is 0. The number of nitrogens with one attached hydrogen (secondary N) is 1. The van der Waals surface area contributed by atoms with Gasteiger partial charge in [0.2, 0.25) is 0 Å². The van der Waals surface area contributed by atoms with Crippen molar-refractivity contribution in [3.8, 4) is 0 Å². The molecule has 0 spiro atoms. The molecule has 1 atom stereocenters. The number of nitrogens with zero attached hydrogens (tertiary/aromatic N) is 3. The zero-order valence-corrected chi connectivity index (χ0v) is 15.4. The molecule has 0 aliphatic carbocycles. The molecule has 1 aromatic carbocycles. The molecule has 3 rings (SSSR count). The molecule has 0 fully saturated rings. The Hall–Kier alpha value is -3.22. The summed E-state index contributed by atoms with van der Waals surface area (Å²) in [4.78, 5) is 28.8. The Morgan fingerprint density at radius 2 is 2.19 bits per heavy atom. The van der Waals surface area contributed by atoms with Crippen LogP contribution in [0.25, 0.3) is 6.08 Å². The quantitative estimate of drug-likeness (QED) is 0.499. The monoisotopic (exact) mass is 366 g/mol. The van der Waals surface area contributed by atoms with Crippen LogP contribution in [0.3, 0.4) is 0 Å². The zero-order valence-electron chi connectivity index (χ0n) is 15.4. The molecule has 1 N–H and O–H groups in total. The second-order valence-corrected chi connectivity index (χ2v) is 6.22. The molecule has 0 bridgehead atoms. The third-order valence-corrected chi connectivity index (χ3v) is 4.30. The fraction of sp³-hybridized carbons (Fsp3) is 0.300. The van der Waals surface area contributed by atoms with Crippen LogP contribution in [0.15, 0.2) is 52.5 Å². The summed E-state index contributed by atoms with van der Waals surface area (Å²) in [5, 5.41) is 4.45. The standard InChI is InChI=1S/C20H22N4O3/c1-3-27-18(25)12-10-15-13-21-19-17(11-9-14(2)24(19)20(15)26)23-22-16-7-5-4-6-8-16/h4-8,10,12-14,22H,3,9,11H2,1-2H3/b12-10+,23-17+/t14-/m1/s1.